The largest absolute Gasteiger partial charge is 0.508 e. The van der Waals surface area contributed by atoms with Crippen LogP contribution in [0.15, 0.2) is 67.1 Å². The van der Waals surface area contributed by atoms with Gasteiger partial charge in [0.15, 0.2) is 0 Å². The van der Waals surface area contributed by atoms with Gasteiger partial charge in [-0.15, -0.1) is 0 Å². The molecule has 0 saturated heterocycles. The molecule has 1 aliphatic heterocycles. The van der Waals surface area contributed by atoms with E-state index in [4.69, 9.17) is 0 Å². The quantitative estimate of drug-likeness (QED) is 0.754. The molecule has 5 heteroatoms. The van der Waals surface area contributed by atoms with E-state index in [1.54, 1.807) is 24.7 Å². The van der Waals surface area contributed by atoms with Crippen molar-refractivity contribution in [3.63, 3.8) is 0 Å². The van der Waals surface area contributed by atoms with Gasteiger partial charge in [-0.3, -0.25) is 14.9 Å². The van der Waals surface area contributed by atoms with E-state index < -0.39 is 0 Å². The fourth-order valence-electron chi connectivity index (χ4n) is 3.34. The number of aromatic hydroxyl groups is 1. The molecule has 1 aromatic heterocycles. The van der Waals surface area contributed by atoms with Gasteiger partial charge in [-0.1, -0.05) is 18.2 Å². The van der Waals surface area contributed by atoms with Crippen molar-refractivity contribution in [3.8, 4) is 17.0 Å². The summed E-state index contributed by atoms with van der Waals surface area (Å²) in [4.78, 5) is 10.7. The highest BCUT2D eigenvalue weighted by molar-refractivity contribution is 5.66. The van der Waals surface area contributed by atoms with Crippen molar-refractivity contribution in [2.45, 2.75) is 13.0 Å². The van der Waals surface area contributed by atoms with Crippen LogP contribution in [-0.4, -0.2) is 33.1 Å². The van der Waals surface area contributed by atoms with E-state index in [1.807, 2.05) is 24.3 Å². The van der Waals surface area contributed by atoms with Gasteiger partial charge in [0.25, 0.3) is 0 Å². The molecule has 2 aromatic carbocycles. The maximum absolute atomic E-state index is 13.1. The van der Waals surface area contributed by atoms with Crippen LogP contribution in [0.5, 0.6) is 5.75 Å². The molecule has 4 nitrogen and oxygen atoms in total. The minimum absolute atomic E-state index is 0.213. The van der Waals surface area contributed by atoms with Crippen LogP contribution in [0.3, 0.4) is 0 Å². The standard InChI is InChI=1S/C22H20FN3O/c23-20-4-1-16(2-5-20)17-7-11-26(12-8-17)15-19-13-18(3-6-22(19)27)21-14-24-9-10-25-21/h1-7,9-10,13-14,27H,8,11-12,15H2. The summed E-state index contributed by atoms with van der Waals surface area (Å²) in [7, 11) is 0. The molecule has 0 bridgehead atoms. The van der Waals surface area contributed by atoms with Gasteiger partial charge in [0, 0.05) is 43.2 Å². The first-order valence-electron chi connectivity index (χ1n) is 8.94. The molecule has 1 N–H and O–H groups in total. The summed E-state index contributed by atoms with van der Waals surface area (Å²) >= 11 is 0. The average molecular weight is 361 g/mol. The zero-order chi connectivity index (χ0) is 18.6. The number of hydrogen-bond donors (Lipinski definition) is 1. The highest BCUT2D eigenvalue weighted by Crippen LogP contribution is 2.28. The second-order valence-corrected chi connectivity index (χ2v) is 6.66. The number of nitrogens with zero attached hydrogens (tertiary/aromatic N) is 3. The first kappa shape index (κ1) is 17.4. The van der Waals surface area contributed by atoms with Crippen molar-refractivity contribution in [2.24, 2.45) is 0 Å². The van der Waals surface area contributed by atoms with Crippen molar-refractivity contribution in [2.75, 3.05) is 13.1 Å². The van der Waals surface area contributed by atoms with Gasteiger partial charge in [0.2, 0.25) is 0 Å². The van der Waals surface area contributed by atoms with Crippen molar-refractivity contribution >= 4 is 5.57 Å². The zero-order valence-corrected chi connectivity index (χ0v) is 14.8. The molecule has 0 unspecified atom stereocenters. The van der Waals surface area contributed by atoms with E-state index in [2.05, 4.69) is 20.9 Å². The van der Waals surface area contributed by atoms with Crippen LogP contribution in [-0.2, 0) is 6.54 Å². The number of rotatable bonds is 4. The van der Waals surface area contributed by atoms with E-state index in [0.717, 1.165) is 41.9 Å². The lowest BCUT2D eigenvalue weighted by Gasteiger charge is -2.27. The van der Waals surface area contributed by atoms with Crippen LogP contribution < -0.4 is 0 Å². The number of hydrogen-bond acceptors (Lipinski definition) is 4. The molecule has 0 atom stereocenters. The van der Waals surface area contributed by atoms with Crippen LogP contribution in [0.1, 0.15) is 17.5 Å². The summed E-state index contributed by atoms with van der Waals surface area (Å²) in [5.41, 5.74) is 4.91. The smallest absolute Gasteiger partial charge is 0.123 e. The van der Waals surface area contributed by atoms with E-state index >= 15 is 0 Å². The molecule has 0 spiro atoms. The predicted octanol–water partition coefficient (Wildman–Crippen LogP) is 4.28. The van der Waals surface area contributed by atoms with Gasteiger partial charge in [0.1, 0.15) is 11.6 Å². The van der Waals surface area contributed by atoms with E-state index in [-0.39, 0.29) is 11.6 Å². The van der Waals surface area contributed by atoms with Crippen LogP contribution in [0.2, 0.25) is 0 Å². The highest BCUT2D eigenvalue weighted by Gasteiger charge is 2.15. The van der Waals surface area contributed by atoms with Crippen molar-refractivity contribution < 1.29 is 9.50 Å². The Hall–Kier alpha value is -3.05. The van der Waals surface area contributed by atoms with Crippen LogP contribution >= 0.6 is 0 Å². The Balaban J connectivity index is 1.48. The number of aromatic nitrogens is 2. The first-order valence-corrected chi connectivity index (χ1v) is 8.94. The average Bonchev–Trinajstić information content (AvgIpc) is 2.71. The lowest BCUT2D eigenvalue weighted by atomic mass is 9.99. The van der Waals surface area contributed by atoms with Crippen LogP contribution in [0.4, 0.5) is 4.39 Å². The highest BCUT2D eigenvalue weighted by atomic mass is 19.1. The molecule has 3 aromatic rings. The normalized spacial score (nSPS) is 14.8. The van der Waals surface area contributed by atoms with Crippen molar-refractivity contribution in [1.82, 2.24) is 14.9 Å². The molecule has 2 heterocycles. The maximum atomic E-state index is 13.1. The summed E-state index contributed by atoms with van der Waals surface area (Å²) in [6, 6.07) is 12.2. The summed E-state index contributed by atoms with van der Waals surface area (Å²) in [6.07, 6.45) is 8.10. The topological polar surface area (TPSA) is 49.3 Å². The van der Waals surface area contributed by atoms with E-state index in [9.17, 15) is 9.50 Å². The molecule has 0 fully saturated rings. The molecule has 0 saturated carbocycles. The fourth-order valence-corrected chi connectivity index (χ4v) is 3.34. The van der Waals surface area contributed by atoms with Gasteiger partial charge in [-0.2, -0.15) is 0 Å². The van der Waals surface area contributed by atoms with Crippen molar-refractivity contribution in [1.29, 1.82) is 0 Å². The van der Waals surface area contributed by atoms with E-state index in [1.165, 1.54) is 17.7 Å². The second-order valence-electron chi connectivity index (χ2n) is 6.66. The molecule has 136 valence electrons. The van der Waals surface area contributed by atoms with E-state index in [0.29, 0.717) is 6.54 Å². The summed E-state index contributed by atoms with van der Waals surface area (Å²) in [6.45, 7) is 2.34. The lowest BCUT2D eigenvalue weighted by molar-refractivity contribution is 0.289. The summed E-state index contributed by atoms with van der Waals surface area (Å²) in [5, 5.41) is 10.3. The first-order chi connectivity index (χ1) is 13.2. The van der Waals surface area contributed by atoms with Crippen molar-refractivity contribution in [3.05, 3.63) is 84.1 Å². The maximum Gasteiger partial charge on any atom is 0.123 e. The molecule has 0 radical (unpaired) electrons. The second kappa shape index (κ2) is 7.68. The zero-order valence-electron chi connectivity index (χ0n) is 14.8. The van der Waals surface area contributed by atoms with Gasteiger partial charge < -0.3 is 5.11 Å². The predicted molar refractivity (Wildman–Crippen MR) is 103 cm³/mol. The summed E-state index contributed by atoms with van der Waals surface area (Å²) in [5.74, 6) is 0.0752. The van der Waals surface area contributed by atoms with Gasteiger partial charge >= 0.3 is 0 Å². The minimum Gasteiger partial charge on any atom is -0.508 e. The Kier molecular flexibility index (Phi) is 4.94. The fraction of sp³-hybridized carbons (Fsp3) is 0.182. The van der Waals surface area contributed by atoms with Gasteiger partial charge in [-0.05, 0) is 47.9 Å². The Labute approximate surface area is 157 Å². The molecule has 4 rings (SSSR count). The molecular formula is C22H20FN3O. The Bertz CT molecular complexity index is 955. The van der Waals surface area contributed by atoms with Gasteiger partial charge in [0.05, 0.1) is 11.9 Å². The Morgan fingerprint density at radius 3 is 2.56 bits per heavy atom. The third-order valence-electron chi connectivity index (χ3n) is 4.84. The Morgan fingerprint density at radius 2 is 1.85 bits per heavy atom. The SMILES string of the molecule is Oc1ccc(-c2cnccn2)cc1CN1CC=C(c2ccc(F)cc2)CC1. The third kappa shape index (κ3) is 4.04. The Morgan fingerprint density at radius 1 is 1.04 bits per heavy atom. The molecular weight excluding hydrogens is 341 g/mol. The van der Waals surface area contributed by atoms with Crippen LogP contribution in [0.25, 0.3) is 16.8 Å². The number of phenolic OH excluding ortho intramolecular Hbond substituents is 1. The molecule has 0 aliphatic carbocycles. The molecule has 0 amide bonds. The number of halogens is 1. The van der Waals surface area contributed by atoms with Gasteiger partial charge in [-0.25, -0.2) is 4.39 Å². The minimum atomic E-state index is -0.213. The molecule has 1 aliphatic rings. The monoisotopic (exact) mass is 361 g/mol. The molecule has 27 heavy (non-hydrogen) atoms. The van der Waals surface area contributed by atoms with Crippen LogP contribution in [0, 0.1) is 5.82 Å². The third-order valence-corrected chi connectivity index (χ3v) is 4.84. The number of phenols is 1. The summed E-state index contributed by atoms with van der Waals surface area (Å²) < 4.78 is 13.1. The lowest BCUT2D eigenvalue weighted by Crippen LogP contribution is -2.28. The number of benzene rings is 2.